The number of hydrogen-bond acceptors (Lipinski definition) is 6. The van der Waals surface area contributed by atoms with Crippen molar-refractivity contribution in [1.82, 2.24) is 9.80 Å². The van der Waals surface area contributed by atoms with Crippen molar-refractivity contribution in [3.05, 3.63) is 12.2 Å². The van der Waals surface area contributed by atoms with Crippen LogP contribution in [0.3, 0.4) is 0 Å². The molecule has 8 atom stereocenters. The van der Waals surface area contributed by atoms with Crippen LogP contribution in [-0.4, -0.2) is 69.9 Å². The maximum atomic E-state index is 12.8. The van der Waals surface area contributed by atoms with Gasteiger partial charge in [-0.3, -0.25) is 29.0 Å². The fraction of sp³-hybridized carbons (Fsp3) is 0.667. The molecule has 0 aromatic rings. The highest BCUT2D eigenvalue weighted by Gasteiger charge is 2.74. The number of imide groups is 2. The Kier molecular flexibility index (Phi) is 3.25. The normalized spacial score (nSPS) is 45.2. The van der Waals surface area contributed by atoms with E-state index in [-0.39, 0.29) is 73.6 Å². The third kappa shape index (κ3) is 1.63. The Balaban J connectivity index is 1.51. The third-order valence-corrected chi connectivity index (χ3v) is 7.17. The lowest BCUT2D eigenvalue weighted by molar-refractivity contribution is -0.166. The fourth-order valence-corrected chi connectivity index (χ4v) is 6.37. The number of aliphatic hydroxyl groups is 2. The second-order valence-corrected chi connectivity index (χ2v) is 7.90. The zero-order valence-electron chi connectivity index (χ0n) is 14.0. The Labute approximate surface area is 149 Å². The molecule has 0 unspecified atom stereocenters. The first-order chi connectivity index (χ1) is 12.5. The molecule has 0 aromatic carbocycles. The zero-order chi connectivity index (χ0) is 18.3. The first-order valence-electron chi connectivity index (χ1n) is 9.13. The first-order valence-corrected chi connectivity index (χ1v) is 9.13. The van der Waals surface area contributed by atoms with Gasteiger partial charge in [-0.15, -0.1) is 0 Å². The quantitative estimate of drug-likeness (QED) is 0.453. The topological polar surface area (TPSA) is 115 Å². The Morgan fingerprint density at radius 2 is 1.00 bits per heavy atom. The maximum Gasteiger partial charge on any atom is 0.233 e. The standard InChI is InChI=1S/C18H20N2O6/c21-5-3-19-15(23)11-7-1-2-8(12(11)16(19)24)10-9(7)13-14(10)18(26)20(4-6-22)17(13)25/h1-2,7-14,21-22H,3-6H2/t7-,8-,9-,10-,11-,12+,13-,14-/m1/s1. The highest BCUT2D eigenvalue weighted by Crippen LogP contribution is 2.68. The summed E-state index contributed by atoms with van der Waals surface area (Å²) in [7, 11) is 0. The molecule has 2 saturated carbocycles. The lowest BCUT2D eigenvalue weighted by atomic mass is 9.40. The molecule has 0 spiro atoms. The molecule has 4 aliphatic carbocycles. The van der Waals surface area contributed by atoms with E-state index in [1.165, 1.54) is 0 Å². The molecule has 2 saturated heterocycles. The molecule has 2 heterocycles. The number of nitrogens with zero attached hydrogens (tertiary/aromatic N) is 2. The molecule has 2 N–H and O–H groups in total. The van der Waals surface area contributed by atoms with Crippen LogP contribution in [0.5, 0.6) is 0 Å². The second-order valence-electron chi connectivity index (χ2n) is 7.90. The first kappa shape index (κ1) is 16.1. The summed E-state index contributed by atoms with van der Waals surface area (Å²) in [6.45, 7) is -0.545. The number of likely N-dealkylation sites (tertiary alicyclic amines) is 2. The molecule has 138 valence electrons. The smallest absolute Gasteiger partial charge is 0.233 e. The summed E-state index contributed by atoms with van der Waals surface area (Å²) in [4.78, 5) is 53.2. The van der Waals surface area contributed by atoms with Gasteiger partial charge in [0.05, 0.1) is 50.0 Å². The minimum Gasteiger partial charge on any atom is -0.395 e. The van der Waals surface area contributed by atoms with Crippen LogP contribution in [0.2, 0.25) is 0 Å². The van der Waals surface area contributed by atoms with Gasteiger partial charge in [-0.1, -0.05) is 12.2 Å². The van der Waals surface area contributed by atoms with Gasteiger partial charge in [-0.2, -0.15) is 0 Å². The number of carbonyl (C=O) groups is 4. The van der Waals surface area contributed by atoms with Gasteiger partial charge in [-0.05, 0) is 23.7 Å². The number of aliphatic hydroxyl groups excluding tert-OH is 2. The molecule has 2 aliphatic heterocycles. The van der Waals surface area contributed by atoms with Gasteiger partial charge in [-0.25, -0.2) is 0 Å². The van der Waals surface area contributed by atoms with E-state index in [4.69, 9.17) is 10.2 Å². The van der Waals surface area contributed by atoms with Gasteiger partial charge in [0.2, 0.25) is 23.6 Å². The summed E-state index contributed by atoms with van der Waals surface area (Å²) in [5, 5.41) is 18.3. The molecule has 0 radical (unpaired) electrons. The van der Waals surface area contributed by atoms with Crippen LogP contribution in [0, 0.1) is 47.3 Å². The molecule has 26 heavy (non-hydrogen) atoms. The minimum absolute atomic E-state index is 0.00185. The van der Waals surface area contributed by atoms with E-state index in [9.17, 15) is 19.2 Å². The Morgan fingerprint density at radius 3 is 1.35 bits per heavy atom. The highest BCUT2D eigenvalue weighted by molar-refractivity contribution is 6.09. The van der Waals surface area contributed by atoms with Crippen LogP contribution in [-0.2, 0) is 19.2 Å². The third-order valence-electron chi connectivity index (χ3n) is 7.17. The van der Waals surface area contributed by atoms with Gasteiger partial charge >= 0.3 is 0 Å². The monoisotopic (exact) mass is 360 g/mol. The molecule has 6 aliphatic rings. The molecule has 8 heteroatoms. The predicted octanol–water partition coefficient (Wildman–Crippen LogP) is -1.76. The number of amides is 4. The number of carbonyl (C=O) groups excluding carboxylic acids is 4. The Bertz CT molecular complexity index is 707. The largest absolute Gasteiger partial charge is 0.395 e. The van der Waals surface area contributed by atoms with Crippen molar-refractivity contribution >= 4 is 23.6 Å². The van der Waals surface area contributed by atoms with Gasteiger partial charge < -0.3 is 10.2 Å². The summed E-state index contributed by atoms with van der Waals surface area (Å²) < 4.78 is 0. The van der Waals surface area contributed by atoms with Gasteiger partial charge in [0.1, 0.15) is 0 Å². The summed E-state index contributed by atoms with van der Waals surface area (Å²) in [5.41, 5.74) is 0. The average molecular weight is 360 g/mol. The average Bonchev–Trinajstić information content (AvgIpc) is 2.97. The maximum absolute atomic E-state index is 12.8. The van der Waals surface area contributed by atoms with Crippen LogP contribution in [0.1, 0.15) is 0 Å². The summed E-state index contributed by atoms with van der Waals surface area (Å²) in [6.07, 6.45) is 3.90. The van der Waals surface area contributed by atoms with E-state index in [1.807, 2.05) is 12.2 Å². The van der Waals surface area contributed by atoms with Crippen LogP contribution >= 0.6 is 0 Å². The highest BCUT2D eigenvalue weighted by atomic mass is 16.3. The lowest BCUT2D eigenvalue weighted by Crippen LogP contribution is -2.63. The molecule has 2 bridgehead atoms. The Morgan fingerprint density at radius 1 is 0.654 bits per heavy atom. The summed E-state index contributed by atoms with van der Waals surface area (Å²) >= 11 is 0. The number of β-amino-alcohol motifs (C(OH)–C–C–N with tert-alkyl or cyclic N) is 2. The van der Waals surface area contributed by atoms with Crippen molar-refractivity contribution in [1.29, 1.82) is 0 Å². The molecular formula is C18H20N2O6. The molecule has 8 nitrogen and oxygen atoms in total. The van der Waals surface area contributed by atoms with Crippen molar-refractivity contribution in [2.45, 2.75) is 0 Å². The van der Waals surface area contributed by atoms with Crippen LogP contribution in [0.4, 0.5) is 0 Å². The van der Waals surface area contributed by atoms with Gasteiger partial charge in [0.15, 0.2) is 0 Å². The Hall–Kier alpha value is -2.06. The van der Waals surface area contributed by atoms with Crippen LogP contribution in [0.15, 0.2) is 12.2 Å². The van der Waals surface area contributed by atoms with Gasteiger partial charge in [0, 0.05) is 0 Å². The van der Waals surface area contributed by atoms with Crippen molar-refractivity contribution in [2.24, 2.45) is 47.3 Å². The van der Waals surface area contributed by atoms with Crippen LogP contribution < -0.4 is 0 Å². The number of allylic oxidation sites excluding steroid dienone is 2. The molecule has 0 aromatic heterocycles. The molecule has 4 fully saturated rings. The lowest BCUT2D eigenvalue weighted by Gasteiger charge is -2.60. The van der Waals surface area contributed by atoms with E-state index < -0.39 is 23.7 Å². The second kappa shape index (κ2) is 5.23. The fourth-order valence-electron chi connectivity index (χ4n) is 6.37. The van der Waals surface area contributed by atoms with E-state index in [2.05, 4.69) is 0 Å². The number of hydrogen-bond donors (Lipinski definition) is 2. The minimum atomic E-state index is -0.485. The molecule has 6 rings (SSSR count). The van der Waals surface area contributed by atoms with Crippen molar-refractivity contribution < 1.29 is 29.4 Å². The van der Waals surface area contributed by atoms with Crippen LogP contribution in [0.25, 0.3) is 0 Å². The molecule has 4 amide bonds. The van der Waals surface area contributed by atoms with Gasteiger partial charge in [0.25, 0.3) is 0 Å². The van der Waals surface area contributed by atoms with Crippen molar-refractivity contribution in [2.75, 3.05) is 26.3 Å². The van der Waals surface area contributed by atoms with Crippen molar-refractivity contribution in [3.8, 4) is 0 Å². The number of fused-ring (bicyclic) bond motifs is 1. The summed E-state index contributed by atoms with van der Waals surface area (Å²) in [5.74, 6) is -3.51. The van der Waals surface area contributed by atoms with E-state index in [1.54, 1.807) is 0 Å². The van der Waals surface area contributed by atoms with Crippen molar-refractivity contribution in [3.63, 3.8) is 0 Å². The number of rotatable bonds is 4. The SMILES string of the molecule is O=C1[C@@H]2[C@@H]3C=C[C@@H]([C@@H]2C(=O)N1CCO)[C@H]1[C@H]2C(=O)N(CCO)C(=O)[C@@H]2[C@H]31. The predicted molar refractivity (Wildman–Crippen MR) is 84.7 cm³/mol. The zero-order valence-corrected chi connectivity index (χ0v) is 14.0. The molecular weight excluding hydrogens is 340 g/mol. The van der Waals surface area contributed by atoms with E-state index in [0.29, 0.717) is 0 Å². The van der Waals surface area contributed by atoms with E-state index >= 15 is 0 Å². The van der Waals surface area contributed by atoms with E-state index in [0.717, 1.165) is 9.80 Å². The summed E-state index contributed by atoms with van der Waals surface area (Å²) in [6, 6.07) is 0.